The van der Waals surface area contributed by atoms with Crippen LogP contribution in [0.5, 0.6) is 5.75 Å². The van der Waals surface area contributed by atoms with E-state index in [2.05, 4.69) is 15.2 Å². The van der Waals surface area contributed by atoms with E-state index >= 15 is 0 Å². The van der Waals surface area contributed by atoms with Crippen LogP contribution in [-0.4, -0.2) is 32.7 Å². The molecule has 0 spiro atoms. The van der Waals surface area contributed by atoms with Gasteiger partial charge in [-0.2, -0.15) is 0 Å². The summed E-state index contributed by atoms with van der Waals surface area (Å²) in [4.78, 5) is 17.7. The number of hydrogen-bond donors (Lipinski definition) is 0. The van der Waals surface area contributed by atoms with Crippen LogP contribution >= 0.6 is 23.1 Å². The number of nitrogens with zero attached hydrogens (tertiary/aromatic N) is 5. The summed E-state index contributed by atoms with van der Waals surface area (Å²) >= 11 is 3.00. The van der Waals surface area contributed by atoms with Crippen LogP contribution in [0.4, 0.5) is 5.13 Å². The first kappa shape index (κ1) is 22.0. The molecule has 7 nitrogen and oxygen atoms in total. The molecular weight excluding hydrogens is 442 g/mol. The number of aromatic nitrogens is 4. The van der Waals surface area contributed by atoms with Gasteiger partial charge in [-0.05, 0) is 30.7 Å². The maximum absolute atomic E-state index is 11.6. The van der Waals surface area contributed by atoms with Crippen molar-refractivity contribution in [3.8, 4) is 11.4 Å². The Labute approximate surface area is 195 Å². The van der Waals surface area contributed by atoms with Crippen molar-refractivity contribution in [1.29, 1.82) is 0 Å². The number of hydrogen-bond acceptors (Lipinski definition) is 7. The zero-order chi connectivity index (χ0) is 22.5. The molecule has 0 bridgehead atoms. The Morgan fingerprint density at radius 2 is 1.88 bits per heavy atom. The molecule has 0 radical (unpaired) electrons. The van der Waals surface area contributed by atoms with Crippen LogP contribution in [0, 0.1) is 6.92 Å². The molecule has 0 fully saturated rings. The summed E-state index contributed by atoms with van der Waals surface area (Å²) < 4.78 is 8.04. The summed E-state index contributed by atoms with van der Waals surface area (Å²) in [7, 11) is 1.73. The lowest BCUT2D eigenvalue weighted by atomic mass is 10.2. The third kappa shape index (κ3) is 5.00. The number of rotatable bonds is 8. The van der Waals surface area contributed by atoms with Crippen molar-refractivity contribution in [3.63, 3.8) is 0 Å². The van der Waals surface area contributed by atoms with Crippen molar-refractivity contribution in [2.75, 3.05) is 11.9 Å². The molecule has 0 N–H and O–H groups in total. The minimum Gasteiger partial charge on any atom is -0.485 e. The maximum atomic E-state index is 11.6. The van der Waals surface area contributed by atoms with Gasteiger partial charge in [0.15, 0.2) is 16.1 Å². The highest BCUT2D eigenvalue weighted by molar-refractivity contribution is 7.98. The van der Waals surface area contributed by atoms with Crippen LogP contribution in [-0.2, 0) is 17.2 Å². The number of amides is 1. The highest BCUT2D eigenvalue weighted by Crippen LogP contribution is 2.28. The molecule has 0 aliphatic rings. The molecule has 0 atom stereocenters. The lowest BCUT2D eigenvalue weighted by molar-refractivity contribution is -0.116. The fourth-order valence-electron chi connectivity index (χ4n) is 2.97. The third-order valence-electron chi connectivity index (χ3n) is 4.81. The number of para-hydroxylation sites is 2. The van der Waals surface area contributed by atoms with Crippen molar-refractivity contribution in [1.82, 2.24) is 19.7 Å². The van der Waals surface area contributed by atoms with E-state index in [9.17, 15) is 4.79 Å². The predicted molar refractivity (Wildman–Crippen MR) is 128 cm³/mol. The lowest BCUT2D eigenvalue weighted by Crippen LogP contribution is -2.22. The number of carbonyl (C=O) groups excluding carboxylic acids is 1. The van der Waals surface area contributed by atoms with Gasteiger partial charge in [-0.1, -0.05) is 48.2 Å². The number of thiazole rings is 1. The van der Waals surface area contributed by atoms with E-state index in [-0.39, 0.29) is 5.91 Å². The Hall–Kier alpha value is -3.17. The van der Waals surface area contributed by atoms with E-state index in [1.165, 1.54) is 18.3 Å². The Balaban J connectivity index is 1.54. The van der Waals surface area contributed by atoms with Crippen LogP contribution in [0.2, 0.25) is 0 Å². The molecule has 32 heavy (non-hydrogen) atoms. The van der Waals surface area contributed by atoms with Crippen molar-refractivity contribution in [2.24, 2.45) is 0 Å². The van der Waals surface area contributed by atoms with Crippen LogP contribution in [0.1, 0.15) is 24.0 Å². The van der Waals surface area contributed by atoms with Crippen LogP contribution in [0.25, 0.3) is 5.69 Å². The Kier molecular flexibility index (Phi) is 6.87. The van der Waals surface area contributed by atoms with Gasteiger partial charge in [0.05, 0.1) is 5.69 Å². The van der Waals surface area contributed by atoms with E-state index in [1.54, 1.807) is 23.7 Å². The van der Waals surface area contributed by atoms with Gasteiger partial charge in [0, 0.05) is 30.8 Å². The molecule has 4 aromatic rings. The first-order valence-corrected chi connectivity index (χ1v) is 11.9. The minimum absolute atomic E-state index is 0.0410. The molecule has 0 aliphatic heterocycles. The maximum Gasteiger partial charge on any atom is 0.225 e. The molecule has 164 valence electrons. The molecule has 1 amide bonds. The molecule has 4 rings (SSSR count). The van der Waals surface area contributed by atoms with Crippen molar-refractivity contribution < 1.29 is 9.53 Å². The summed E-state index contributed by atoms with van der Waals surface area (Å²) in [5.41, 5.74) is 2.94. The second-order valence-electron chi connectivity index (χ2n) is 7.11. The van der Waals surface area contributed by atoms with E-state index in [4.69, 9.17) is 4.74 Å². The van der Waals surface area contributed by atoms with Gasteiger partial charge >= 0.3 is 0 Å². The topological polar surface area (TPSA) is 73.1 Å². The highest BCUT2D eigenvalue weighted by Gasteiger charge is 2.17. The van der Waals surface area contributed by atoms with Gasteiger partial charge in [0.1, 0.15) is 12.4 Å². The van der Waals surface area contributed by atoms with Gasteiger partial charge in [-0.3, -0.25) is 14.3 Å². The Bertz CT molecular complexity index is 1210. The molecular formula is C23H23N5O2S2. The minimum atomic E-state index is -0.0410. The second-order valence-corrected chi connectivity index (χ2v) is 8.89. The highest BCUT2D eigenvalue weighted by atomic mass is 32.2. The summed E-state index contributed by atoms with van der Waals surface area (Å²) in [6.45, 7) is 3.85. The summed E-state index contributed by atoms with van der Waals surface area (Å²) in [5, 5.41) is 12.2. The number of ether oxygens (including phenoxy) is 1. The summed E-state index contributed by atoms with van der Waals surface area (Å²) in [6.07, 6.45) is 0. The van der Waals surface area contributed by atoms with E-state index in [1.807, 2.05) is 71.5 Å². The number of thioether (sulfide) groups is 1. The average Bonchev–Trinajstić information content (AvgIpc) is 3.44. The molecule has 0 aliphatic carbocycles. The SMILES string of the molecule is CC(=O)N(C)c1nc(CSc2nnc(COc3ccccc3C)n2-c2ccccc2)cs1. The molecule has 2 heterocycles. The Morgan fingerprint density at radius 1 is 1.12 bits per heavy atom. The first-order chi connectivity index (χ1) is 15.5. The van der Waals surface area contributed by atoms with E-state index < -0.39 is 0 Å². The smallest absolute Gasteiger partial charge is 0.225 e. The quantitative estimate of drug-likeness (QED) is 0.345. The standard InChI is InChI=1S/C23H23N5O2S2/c1-16-9-7-8-12-20(16)30-13-21-25-26-23(28(21)19-10-5-4-6-11-19)32-15-18-14-31-22(24-18)27(3)17(2)29/h4-12,14H,13,15H2,1-3H3. The van der Waals surface area contributed by atoms with Gasteiger partial charge in [0.25, 0.3) is 0 Å². The second kappa shape index (κ2) is 9.97. The van der Waals surface area contributed by atoms with Crippen LogP contribution in [0.3, 0.4) is 0 Å². The van der Waals surface area contributed by atoms with Crippen LogP contribution < -0.4 is 9.64 Å². The van der Waals surface area contributed by atoms with Gasteiger partial charge in [-0.25, -0.2) is 4.98 Å². The Morgan fingerprint density at radius 3 is 2.62 bits per heavy atom. The normalized spacial score (nSPS) is 10.8. The third-order valence-corrected chi connectivity index (χ3v) is 6.74. The number of carbonyl (C=O) groups is 1. The first-order valence-electron chi connectivity index (χ1n) is 10.0. The van der Waals surface area contributed by atoms with Gasteiger partial charge in [0.2, 0.25) is 5.91 Å². The number of aryl methyl sites for hydroxylation is 1. The monoisotopic (exact) mass is 465 g/mol. The fraction of sp³-hybridized carbons (Fsp3) is 0.217. The number of benzene rings is 2. The van der Waals surface area contributed by atoms with Gasteiger partial charge < -0.3 is 4.74 Å². The van der Waals surface area contributed by atoms with Crippen molar-refractivity contribution >= 4 is 34.1 Å². The predicted octanol–water partition coefficient (Wildman–Crippen LogP) is 4.89. The molecule has 0 unspecified atom stereocenters. The number of anilines is 1. The fourth-order valence-corrected chi connectivity index (χ4v) is 4.78. The lowest BCUT2D eigenvalue weighted by Gasteiger charge is -2.12. The molecule has 9 heteroatoms. The van der Waals surface area contributed by atoms with Gasteiger partial charge in [-0.15, -0.1) is 21.5 Å². The van der Waals surface area contributed by atoms with Crippen molar-refractivity contribution in [3.05, 3.63) is 77.1 Å². The average molecular weight is 466 g/mol. The zero-order valence-electron chi connectivity index (χ0n) is 18.1. The van der Waals surface area contributed by atoms with E-state index in [0.717, 1.165) is 33.7 Å². The van der Waals surface area contributed by atoms with Crippen molar-refractivity contribution in [2.45, 2.75) is 31.4 Å². The largest absolute Gasteiger partial charge is 0.485 e. The molecule has 0 saturated heterocycles. The van der Waals surface area contributed by atoms with Crippen LogP contribution in [0.15, 0.2) is 65.1 Å². The summed E-state index contributed by atoms with van der Waals surface area (Å²) in [5.74, 6) is 2.12. The molecule has 0 saturated carbocycles. The summed E-state index contributed by atoms with van der Waals surface area (Å²) in [6, 6.07) is 17.9. The van der Waals surface area contributed by atoms with E-state index in [0.29, 0.717) is 17.5 Å². The zero-order valence-corrected chi connectivity index (χ0v) is 19.7. The molecule has 2 aromatic carbocycles. The molecule has 2 aromatic heterocycles.